The Morgan fingerprint density at radius 3 is 2.88 bits per heavy atom. The molecule has 1 aromatic heterocycles. The van der Waals surface area contributed by atoms with Gasteiger partial charge in [0.25, 0.3) is 5.91 Å². The molecule has 0 aliphatic carbocycles. The summed E-state index contributed by atoms with van der Waals surface area (Å²) in [5.41, 5.74) is 2.02. The Morgan fingerprint density at radius 1 is 1.33 bits per heavy atom. The molecule has 7 heteroatoms. The molecule has 0 fully saturated rings. The summed E-state index contributed by atoms with van der Waals surface area (Å²) in [5.74, 6) is 0.455. The molecule has 2 aromatic rings. The van der Waals surface area contributed by atoms with Gasteiger partial charge in [-0.1, -0.05) is 11.8 Å². The molecule has 0 saturated heterocycles. The number of benzene rings is 1. The van der Waals surface area contributed by atoms with E-state index in [0.717, 1.165) is 10.7 Å². The number of aromatic nitrogens is 2. The summed E-state index contributed by atoms with van der Waals surface area (Å²) in [6, 6.07) is 7.02. The van der Waals surface area contributed by atoms with Gasteiger partial charge in [-0.2, -0.15) is 0 Å². The lowest BCUT2D eigenvalue weighted by molar-refractivity contribution is -0.120. The molecule has 6 nitrogen and oxygen atoms in total. The number of thioether (sulfide) groups is 1. The Bertz CT molecular complexity index is 809. The van der Waals surface area contributed by atoms with E-state index in [2.05, 4.69) is 9.97 Å². The lowest BCUT2D eigenvalue weighted by Crippen LogP contribution is -2.35. The molecule has 0 saturated carbocycles. The number of hydrogen-bond acceptors (Lipinski definition) is 6. The van der Waals surface area contributed by atoms with Crippen LogP contribution in [0.5, 0.6) is 5.75 Å². The third kappa shape index (κ3) is 3.26. The van der Waals surface area contributed by atoms with Crippen LogP contribution < -0.4 is 9.64 Å². The molecule has 2 heterocycles. The largest absolute Gasteiger partial charge is 0.482 e. The lowest BCUT2D eigenvalue weighted by atomic mass is 10.1. The van der Waals surface area contributed by atoms with Crippen LogP contribution in [0.15, 0.2) is 35.6 Å². The third-order valence-electron chi connectivity index (χ3n) is 3.78. The van der Waals surface area contributed by atoms with Crippen LogP contribution >= 0.6 is 11.8 Å². The summed E-state index contributed by atoms with van der Waals surface area (Å²) in [6.07, 6.45) is 1.49. The molecular weight excluding hydrogens is 326 g/mol. The first-order valence-electron chi connectivity index (χ1n) is 7.48. The molecule has 0 bridgehead atoms. The average Bonchev–Trinajstić information content (AvgIpc) is 2.57. The molecule has 0 N–H and O–H groups in total. The second kappa shape index (κ2) is 6.60. The van der Waals surface area contributed by atoms with Crippen molar-refractivity contribution in [2.24, 2.45) is 0 Å². The fourth-order valence-electron chi connectivity index (χ4n) is 2.39. The highest BCUT2D eigenvalue weighted by atomic mass is 32.2. The van der Waals surface area contributed by atoms with Crippen LogP contribution in [0.2, 0.25) is 0 Å². The van der Waals surface area contributed by atoms with E-state index in [1.807, 2.05) is 19.9 Å². The van der Waals surface area contributed by atoms with Gasteiger partial charge in [0, 0.05) is 18.3 Å². The number of amides is 1. The van der Waals surface area contributed by atoms with Gasteiger partial charge in [0.05, 0.1) is 10.9 Å². The SMILES string of the molecule is Cc1cc(SC(C)C(=O)c2ccc3c(c2)N(C)C(=O)CO3)ncn1. The Labute approximate surface area is 144 Å². The second-order valence-electron chi connectivity index (χ2n) is 5.55. The minimum Gasteiger partial charge on any atom is -0.482 e. The fourth-order valence-corrected chi connectivity index (χ4v) is 3.34. The van der Waals surface area contributed by atoms with Crippen molar-refractivity contribution in [2.45, 2.75) is 24.1 Å². The Balaban J connectivity index is 1.81. The fraction of sp³-hybridized carbons (Fsp3) is 0.294. The summed E-state index contributed by atoms with van der Waals surface area (Å²) in [6.45, 7) is 3.75. The smallest absolute Gasteiger partial charge is 0.264 e. The number of likely N-dealkylation sites (N-methyl/N-ethyl adjacent to an activating group) is 1. The highest BCUT2D eigenvalue weighted by molar-refractivity contribution is 8.00. The van der Waals surface area contributed by atoms with Crippen molar-refractivity contribution in [3.8, 4) is 5.75 Å². The molecule has 1 aliphatic heterocycles. The number of aryl methyl sites for hydroxylation is 1. The number of rotatable bonds is 4. The first kappa shape index (κ1) is 16.4. The zero-order chi connectivity index (χ0) is 17.3. The van der Waals surface area contributed by atoms with Gasteiger partial charge in [0.15, 0.2) is 12.4 Å². The van der Waals surface area contributed by atoms with Crippen molar-refractivity contribution in [1.82, 2.24) is 9.97 Å². The van der Waals surface area contributed by atoms with Crippen LogP contribution in [-0.4, -0.2) is 40.6 Å². The van der Waals surface area contributed by atoms with Gasteiger partial charge in [-0.15, -0.1) is 0 Å². The molecule has 0 spiro atoms. The highest BCUT2D eigenvalue weighted by Gasteiger charge is 2.25. The third-order valence-corrected chi connectivity index (χ3v) is 4.81. The quantitative estimate of drug-likeness (QED) is 0.482. The summed E-state index contributed by atoms with van der Waals surface area (Å²) in [7, 11) is 1.68. The minimum atomic E-state index is -0.303. The first-order chi connectivity index (χ1) is 11.5. The molecule has 124 valence electrons. The normalized spacial score (nSPS) is 14.8. The van der Waals surface area contributed by atoms with E-state index in [4.69, 9.17) is 4.74 Å². The van der Waals surface area contributed by atoms with Crippen LogP contribution in [-0.2, 0) is 4.79 Å². The predicted molar refractivity (Wildman–Crippen MR) is 91.8 cm³/mol. The molecule has 1 atom stereocenters. The van der Waals surface area contributed by atoms with Crippen molar-refractivity contribution < 1.29 is 14.3 Å². The van der Waals surface area contributed by atoms with Gasteiger partial charge in [0.1, 0.15) is 17.1 Å². The number of ether oxygens (including phenoxy) is 1. The summed E-state index contributed by atoms with van der Waals surface area (Å²) >= 11 is 1.39. The maximum absolute atomic E-state index is 12.7. The standard InChI is InChI=1S/C17H17N3O3S/c1-10-6-15(19-9-18-10)24-11(2)17(22)12-4-5-14-13(7-12)20(3)16(21)8-23-14/h4-7,9,11H,8H2,1-3H3. The van der Waals surface area contributed by atoms with Gasteiger partial charge in [-0.25, -0.2) is 9.97 Å². The molecule has 1 aromatic carbocycles. The number of fused-ring (bicyclic) bond motifs is 1. The van der Waals surface area contributed by atoms with Crippen LogP contribution in [0.4, 0.5) is 5.69 Å². The second-order valence-corrected chi connectivity index (χ2v) is 6.91. The van der Waals surface area contributed by atoms with E-state index in [9.17, 15) is 9.59 Å². The lowest BCUT2D eigenvalue weighted by Gasteiger charge is -2.26. The van der Waals surface area contributed by atoms with Gasteiger partial charge in [-0.05, 0) is 38.1 Å². The van der Waals surface area contributed by atoms with Crippen molar-refractivity contribution >= 4 is 29.1 Å². The molecule has 1 unspecified atom stereocenters. The number of anilines is 1. The maximum Gasteiger partial charge on any atom is 0.264 e. The van der Waals surface area contributed by atoms with Crippen molar-refractivity contribution in [3.05, 3.63) is 41.9 Å². The van der Waals surface area contributed by atoms with Crippen LogP contribution in [0.1, 0.15) is 23.0 Å². The Kier molecular flexibility index (Phi) is 4.53. The van der Waals surface area contributed by atoms with E-state index in [1.165, 1.54) is 23.0 Å². The van der Waals surface area contributed by atoms with Crippen molar-refractivity contribution in [1.29, 1.82) is 0 Å². The Morgan fingerprint density at radius 2 is 2.12 bits per heavy atom. The number of carbonyl (C=O) groups is 2. The van der Waals surface area contributed by atoms with E-state index < -0.39 is 0 Å². The summed E-state index contributed by atoms with van der Waals surface area (Å²) in [4.78, 5) is 34.2. The number of ketones is 1. The number of Topliss-reactive ketones (excluding diaryl/α,β-unsaturated/α-hetero) is 1. The van der Waals surface area contributed by atoms with E-state index in [-0.39, 0.29) is 23.5 Å². The topological polar surface area (TPSA) is 72.4 Å². The van der Waals surface area contributed by atoms with Crippen molar-refractivity contribution in [2.75, 3.05) is 18.6 Å². The van der Waals surface area contributed by atoms with Crippen LogP contribution in [0.3, 0.4) is 0 Å². The zero-order valence-electron chi connectivity index (χ0n) is 13.6. The number of hydrogen-bond donors (Lipinski definition) is 0. The van der Waals surface area contributed by atoms with Crippen molar-refractivity contribution in [3.63, 3.8) is 0 Å². The molecule has 3 rings (SSSR count). The van der Waals surface area contributed by atoms with Gasteiger partial charge < -0.3 is 9.64 Å². The molecule has 1 amide bonds. The van der Waals surface area contributed by atoms with Crippen LogP contribution in [0.25, 0.3) is 0 Å². The first-order valence-corrected chi connectivity index (χ1v) is 8.36. The van der Waals surface area contributed by atoms with E-state index in [0.29, 0.717) is 17.0 Å². The minimum absolute atomic E-state index is 0.0227. The highest BCUT2D eigenvalue weighted by Crippen LogP contribution is 2.33. The van der Waals surface area contributed by atoms with E-state index in [1.54, 1.807) is 25.2 Å². The van der Waals surface area contributed by atoms with Gasteiger partial charge in [0.2, 0.25) is 0 Å². The zero-order valence-corrected chi connectivity index (χ0v) is 14.5. The molecule has 1 aliphatic rings. The predicted octanol–water partition coefficient (Wildman–Crippen LogP) is 2.50. The molecular formula is C17H17N3O3S. The van der Waals surface area contributed by atoms with E-state index >= 15 is 0 Å². The molecule has 24 heavy (non-hydrogen) atoms. The Hall–Kier alpha value is -2.41. The molecule has 0 radical (unpaired) electrons. The van der Waals surface area contributed by atoms with Gasteiger partial charge >= 0.3 is 0 Å². The summed E-state index contributed by atoms with van der Waals surface area (Å²) in [5, 5.41) is 0.458. The number of carbonyl (C=O) groups excluding carboxylic acids is 2. The van der Waals surface area contributed by atoms with Gasteiger partial charge in [-0.3, -0.25) is 9.59 Å². The average molecular weight is 343 g/mol. The van der Waals surface area contributed by atoms with Crippen LogP contribution in [0, 0.1) is 6.92 Å². The maximum atomic E-state index is 12.7. The monoisotopic (exact) mass is 343 g/mol. The number of nitrogens with zero attached hydrogens (tertiary/aromatic N) is 3. The summed E-state index contributed by atoms with van der Waals surface area (Å²) < 4.78 is 5.39.